The van der Waals surface area contributed by atoms with Crippen LogP contribution in [0.3, 0.4) is 0 Å². The van der Waals surface area contributed by atoms with Gasteiger partial charge in [0, 0.05) is 23.8 Å². The molecule has 0 spiro atoms. The molecule has 3 N–H and O–H groups in total. The number of nitrogens with one attached hydrogen (secondary N) is 1. The van der Waals surface area contributed by atoms with Crippen molar-refractivity contribution in [2.45, 2.75) is 57.2 Å². The molecule has 182 valence electrons. The first-order chi connectivity index (χ1) is 16.0. The second-order valence-corrected chi connectivity index (χ2v) is 10.3. The van der Waals surface area contributed by atoms with Crippen molar-refractivity contribution in [3.8, 4) is 0 Å². The molecule has 0 bridgehead atoms. The van der Waals surface area contributed by atoms with Crippen molar-refractivity contribution in [1.82, 2.24) is 9.97 Å². The standard InChI is InChI=1S/C24H26F3N3O3S/c1-23(2,33)15-10-18-19(34-22(30-18)14-8-6-13(12-31)7-9-14)11-17(15)29-21(32)16-4-3-5-20(28-16)24(25,26)27/h3-5,10-11,13-14,31,33H,6-9,12H2,1-2H3,(H,29,32). The summed E-state index contributed by atoms with van der Waals surface area (Å²) in [5.41, 5.74) is -1.47. The SMILES string of the molecule is CC(C)(O)c1cc2nc(C3CCC(CO)CC3)sc2cc1NC(=O)c1cccc(C(F)(F)F)n1. The molecule has 2 heterocycles. The van der Waals surface area contributed by atoms with E-state index >= 15 is 0 Å². The van der Waals surface area contributed by atoms with Gasteiger partial charge in [-0.2, -0.15) is 13.2 Å². The number of alkyl halides is 3. The van der Waals surface area contributed by atoms with Crippen LogP contribution in [0.2, 0.25) is 0 Å². The van der Waals surface area contributed by atoms with Crippen molar-refractivity contribution in [3.63, 3.8) is 0 Å². The first kappa shape index (κ1) is 24.6. The molecule has 1 fully saturated rings. The normalized spacial score (nSPS) is 19.4. The van der Waals surface area contributed by atoms with E-state index < -0.39 is 23.4 Å². The van der Waals surface area contributed by atoms with Crippen LogP contribution in [-0.2, 0) is 11.8 Å². The van der Waals surface area contributed by atoms with Crippen molar-refractivity contribution in [2.24, 2.45) is 5.92 Å². The molecule has 0 unspecified atom stereocenters. The Hall–Kier alpha value is -2.56. The predicted molar refractivity (Wildman–Crippen MR) is 124 cm³/mol. The zero-order chi connectivity index (χ0) is 24.7. The maximum Gasteiger partial charge on any atom is 0.433 e. The number of hydrogen-bond acceptors (Lipinski definition) is 6. The summed E-state index contributed by atoms with van der Waals surface area (Å²) in [6, 6.07) is 6.56. The highest BCUT2D eigenvalue weighted by Gasteiger charge is 2.33. The zero-order valence-electron chi connectivity index (χ0n) is 18.8. The van der Waals surface area contributed by atoms with Gasteiger partial charge < -0.3 is 15.5 Å². The highest BCUT2D eigenvalue weighted by molar-refractivity contribution is 7.18. The fraction of sp³-hybridized carbons (Fsp3) is 0.458. The van der Waals surface area contributed by atoms with E-state index in [4.69, 9.17) is 4.98 Å². The second kappa shape index (κ2) is 9.24. The lowest BCUT2D eigenvalue weighted by Crippen LogP contribution is -2.22. The Labute approximate surface area is 198 Å². The fourth-order valence-corrected chi connectivity index (χ4v) is 5.43. The van der Waals surface area contributed by atoms with Gasteiger partial charge >= 0.3 is 6.18 Å². The molecule has 0 radical (unpaired) electrons. The van der Waals surface area contributed by atoms with Gasteiger partial charge in [-0.1, -0.05) is 6.07 Å². The summed E-state index contributed by atoms with van der Waals surface area (Å²) in [4.78, 5) is 21.0. The summed E-state index contributed by atoms with van der Waals surface area (Å²) in [5, 5.41) is 23.7. The maximum absolute atomic E-state index is 13.0. The number of anilines is 1. The van der Waals surface area contributed by atoms with Crippen LogP contribution in [0.15, 0.2) is 30.3 Å². The van der Waals surface area contributed by atoms with Gasteiger partial charge in [-0.25, -0.2) is 9.97 Å². The molecule has 2 aromatic heterocycles. The summed E-state index contributed by atoms with van der Waals surface area (Å²) >= 11 is 1.50. The smallest absolute Gasteiger partial charge is 0.396 e. The number of nitrogens with zero attached hydrogens (tertiary/aromatic N) is 2. The molecular formula is C24H26F3N3O3S. The Balaban J connectivity index is 1.66. The molecule has 1 aromatic carbocycles. The Kier molecular flexibility index (Phi) is 6.67. The van der Waals surface area contributed by atoms with Gasteiger partial charge in [0.05, 0.1) is 20.8 Å². The van der Waals surface area contributed by atoms with Crippen molar-refractivity contribution >= 4 is 33.1 Å². The lowest BCUT2D eigenvalue weighted by atomic mass is 9.83. The minimum atomic E-state index is -4.66. The topological polar surface area (TPSA) is 95.3 Å². The summed E-state index contributed by atoms with van der Waals surface area (Å²) in [5.74, 6) is -0.181. The van der Waals surface area contributed by atoms with Crippen LogP contribution in [0.5, 0.6) is 0 Å². The van der Waals surface area contributed by atoms with Crippen LogP contribution in [0.25, 0.3) is 10.2 Å². The maximum atomic E-state index is 13.0. The Morgan fingerprint density at radius 2 is 1.85 bits per heavy atom. The van der Waals surface area contributed by atoms with Gasteiger partial charge in [0.2, 0.25) is 0 Å². The van der Waals surface area contributed by atoms with E-state index in [9.17, 15) is 28.2 Å². The van der Waals surface area contributed by atoms with Gasteiger partial charge in [-0.05, 0) is 69.7 Å². The molecule has 1 amide bonds. The minimum absolute atomic E-state index is 0.200. The number of hydrogen-bond donors (Lipinski definition) is 3. The summed E-state index contributed by atoms with van der Waals surface area (Å²) in [6.07, 6.45) is -0.903. The molecular weight excluding hydrogens is 467 g/mol. The first-order valence-electron chi connectivity index (χ1n) is 11.1. The van der Waals surface area contributed by atoms with Crippen LogP contribution in [0.4, 0.5) is 18.9 Å². The molecule has 6 nitrogen and oxygen atoms in total. The number of amides is 1. The van der Waals surface area contributed by atoms with E-state index in [2.05, 4.69) is 10.3 Å². The monoisotopic (exact) mass is 493 g/mol. The molecule has 3 aromatic rings. The van der Waals surface area contributed by atoms with Crippen LogP contribution in [0.1, 0.15) is 72.2 Å². The number of aliphatic hydroxyl groups excluding tert-OH is 1. The number of aliphatic hydroxyl groups is 2. The molecule has 1 aliphatic rings. The average molecular weight is 494 g/mol. The van der Waals surface area contributed by atoms with Gasteiger partial charge in [-0.3, -0.25) is 4.79 Å². The number of carbonyl (C=O) groups is 1. The average Bonchev–Trinajstić information content (AvgIpc) is 3.20. The fourth-order valence-electron chi connectivity index (χ4n) is 4.27. The third-order valence-corrected chi connectivity index (χ3v) is 7.36. The second-order valence-electron chi connectivity index (χ2n) is 9.24. The number of carbonyl (C=O) groups excluding carboxylic acids is 1. The number of thiazole rings is 1. The Morgan fingerprint density at radius 3 is 2.47 bits per heavy atom. The summed E-state index contributed by atoms with van der Waals surface area (Å²) in [6.45, 7) is 3.33. The highest BCUT2D eigenvalue weighted by atomic mass is 32.1. The van der Waals surface area contributed by atoms with Gasteiger partial charge in [-0.15, -0.1) is 11.3 Å². The van der Waals surface area contributed by atoms with Crippen LogP contribution >= 0.6 is 11.3 Å². The number of halogens is 3. The summed E-state index contributed by atoms with van der Waals surface area (Å²) < 4.78 is 39.8. The number of pyridine rings is 1. The zero-order valence-corrected chi connectivity index (χ0v) is 19.6. The third kappa shape index (κ3) is 5.24. The Bertz CT molecular complexity index is 1200. The minimum Gasteiger partial charge on any atom is -0.396 e. The number of benzene rings is 1. The van der Waals surface area contributed by atoms with E-state index in [0.717, 1.165) is 47.5 Å². The molecule has 0 aliphatic heterocycles. The van der Waals surface area contributed by atoms with Crippen molar-refractivity contribution in [2.75, 3.05) is 11.9 Å². The quantitative estimate of drug-likeness (QED) is 0.439. The molecule has 4 rings (SSSR count). The number of aromatic nitrogens is 2. The van der Waals surface area contributed by atoms with Crippen molar-refractivity contribution in [1.29, 1.82) is 0 Å². The Morgan fingerprint density at radius 1 is 1.15 bits per heavy atom. The van der Waals surface area contributed by atoms with Gasteiger partial charge in [0.1, 0.15) is 11.4 Å². The van der Waals surface area contributed by atoms with Crippen molar-refractivity contribution in [3.05, 3.63) is 52.3 Å². The van der Waals surface area contributed by atoms with Crippen molar-refractivity contribution < 1.29 is 28.2 Å². The molecule has 10 heteroatoms. The van der Waals surface area contributed by atoms with Crippen LogP contribution in [-0.4, -0.2) is 32.7 Å². The lowest BCUT2D eigenvalue weighted by molar-refractivity contribution is -0.141. The van der Waals surface area contributed by atoms with E-state index in [0.29, 0.717) is 22.7 Å². The lowest BCUT2D eigenvalue weighted by Gasteiger charge is -2.25. The van der Waals surface area contributed by atoms with Crippen LogP contribution < -0.4 is 5.32 Å². The molecule has 1 saturated carbocycles. The van der Waals surface area contributed by atoms with Crippen LogP contribution in [0, 0.1) is 5.92 Å². The van der Waals surface area contributed by atoms with Gasteiger partial charge in [0.15, 0.2) is 0 Å². The molecule has 0 saturated heterocycles. The first-order valence-corrected chi connectivity index (χ1v) is 11.9. The van der Waals surface area contributed by atoms with E-state index in [1.54, 1.807) is 26.0 Å². The highest BCUT2D eigenvalue weighted by Crippen LogP contribution is 2.41. The van der Waals surface area contributed by atoms with Gasteiger partial charge in [0.25, 0.3) is 5.91 Å². The number of fused-ring (bicyclic) bond motifs is 1. The molecule has 34 heavy (non-hydrogen) atoms. The molecule has 1 aliphatic carbocycles. The third-order valence-electron chi connectivity index (χ3n) is 6.18. The summed E-state index contributed by atoms with van der Waals surface area (Å²) in [7, 11) is 0. The molecule has 0 atom stereocenters. The van der Waals surface area contributed by atoms with E-state index in [1.807, 2.05) is 0 Å². The van der Waals surface area contributed by atoms with E-state index in [-0.39, 0.29) is 18.2 Å². The number of rotatable bonds is 5. The van der Waals surface area contributed by atoms with E-state index in [1.165, 1.54) is 17.4 Å². The predicted octanol–water partition coefficient (Wildman–Crippen LogP) is 5.46. The largest absolute Gasteiger partial charge is 0.433 e.